The van der Waals surface area contributed by atoms with Gasteiger partial charge in [-0.2, -0.15) is 5.10 Å². The number of carbonyl (C=O) groups excluding carboxylic acids is 1. The summed E-state index contributed by atoms with van der Waals surface area (Å²) in [6.45, 7) is 0.344. The predicted octanol–water partition coefficient (Wildman–Crippen LogP) is 5.34. The summed E-state index contributed by atoms with van der Waals surface area (Å²) >= 11 is 12.0. The molecular formula is C21H16Cl2N2O2. The first kappa shape index (κ1) is 19.0. The van der Waals surface area contributed by atoms with Gasteiger partial charge in [-0.15, -0.1) is 0 Å². The predicted molar refractivity (Wildman–Crippen MR) is 109 cm³/mol. The molecule has 0 atom stereocenters. The third kappa shape index (κ3) is 5.58. The number of nitrogens with one attached hydrogen (secondary N) is 1. The van der Waals surface area contributed by atoms with Crippen LogP contribution in [0.1, 0.15) is 21.5 Å². The molecule has 0 spiro atoms. The van der Waals surface area contributed by atoms with E-state index in [-0.39, 0.29) is 5.91 Å². The number of carbonyl (C=O) groups is 1. The molecule has 0 bridgehead atoms. The Morgan fingerprint density at radius 1 is 1.00 bits per heavy atom. The number of hydrazone groups is 1. The highest BCUT2D eigenvalue weighted by Crippen LogP contribution is 2.22. The van der Waals surface area contributed by atoms with Gasteiger partial charge < -0.3 is 4.74 Å². The van der Waals surface area contributed by atoms with Crippen LogP contribution in [-0.4, -0.2) is 12.1 Å². The highest BCUT2D eigenvalue weighted by atomic mass is 35.5. The van der Waals surface area contributed by atoms with Crippen molar-refractivity contribution in [2.75, 3.05) is 0 Å². The van der Waals surface area contributed by atoms with E-state index in [1.807, 2.05) is 36.4 Å². The second kappa shape index (κ2) is 9.21. The monoisotopic (exact) mass is 398 g/mol. The Balaban J connectivity index is 1.53. The summed E-state index contributed by atoms with van der Waals surface area (Å²) < 4.78 is 5.73. The Bertz CT molecular complexity index is 942. The molecule has 0 radical (unpaired) electrons. The summed E-state index contributed by atoms with van der Waals surface area (Å²) in [5, 5.41) is 5.13. The summed E-state index contributed by atoms with van der Waals surface area (Å²) in [6.07, 6.45) is 1.57. The normalized spacial score (nSPS) is 10.7. The van der Waals surface area contributed by atoms with Crippen LogP contribution in [0.3, 0.4) is 0 Å². The van der Waals surface area contributed by atoms with Gasteiger partial charge in [0.25, 0.3) is 5.91 Å². The lowest BCUT2D eigenvalue weighted by molar-refractivity contribution is 0.0955. The average Bonchev–Trinajstić information content (AvgIpc) is 2.69. The highest BCUT2D eigenvalue weighted by molar-refractivity contribution is 6.35. The van der Waals surface area contributed by atoms with Gasteiger partial charge in [0.15, 0.2) is 0 Å². The molecule has 1 amide bonds. The van der Waals surface area contributed by atoms with Gasteiger partial charge in [0.2, 0.25) is 0 Å². The van der Waals surface area contributed by atoms with Crippen LogP contribution in [-0.2, 0) is 6.61 Å². The fourth-order valence-corrected chi connectivity index (χ4v) is 2.73. The van der Waals surface area contributed by atoms with Crippen LogP contribution in [0.5, 0.6) is 5.75 Å². The number of rotatable bonds is 6. The molecule has 0 aliphatic carbocycles. The van der Waals surface area contributed by atoms with Crippen LogP contribution in [0.25, 0.3) is 0 Å². The van der Waals surface area contributed by atoms with Gasteiger partial charge in [-0.1, -0.05) is 47.5 Å². The molecule has 0 aliphatic heterocycles. The maximum atomic E-state index is 11.9. The van der Waals surface area contributed by atoms with Crippen molar-refractivity contribution in [1.82, 2.24) is 5.43 Å². The SMILES string of the molecule is O=C(N/N=C\c1ccc(OCc2ccc(Cl)cc2Cl)cc1)c1ccccc1. The number of hydrogen-bond acceptors (Lipinski definition) is 3. The molecule has 0 aromatic heterocycles. The quantitative estimate of drug-likeness (QED) is 0.450. The van der Waals surface area contributed by atoms with Crippen LogP contribution in [0.4, 0.5) is 0 Å². The number of nitrogens with zero attached hydrogens (tertiary/aromatic N) is 1. The molecule has 3 rings (SSSR count). The standard InChI is InChI=1S/C21H16Cl2N2O2/c22-18-9-8-17(20(23)12-18)14-27-19-10-6-15(7-11-19)13-24-25-21(26)16-4-2-1-3-5-16/h1-13H,14H2,(H,25,26)/b24-13-. The van der Waals surface area contributed by atoms with E-state index in [1.165, 1.54) is 0 Å². The van der Waals surface area contributed by atoms with Crippen molar-refractivity contribution in [2.24, 2.45) is 5.10 Å². The minimum absolute atomic E-state index is 0.258. The van der Waals surface area contributed by atoms with Gasteiger partial charge >= 0.3 is 0 Å². The first-order valence-electron chi connectivity index (χ1n) is 8.17. The van der Waals surface area contributed by atoms with Crippen molar-refractivity contribution in [1.29, 1.82) is 0 Å². The Labute approximate surface area is 167 Å². The van der Waals surface area contributed by atoms with Gasteiger partial charge in [0.1, 0.15) is 12.4 Å². The van der Waals surface area contributed by atoms with E-state index in [0.29, 0.717) is 28.0 Å². The first-order chi connectivity index (χ1) is 13.1. The summed E-state index contributed by atoms with van der Waals surface area (Å²) in [4.78, 5) is 11.9. The third-order valence-electron chi connectivity index (χ3n) is 3.71. The van der Waals surface area contributed by atoms with Crippen LogP contribution >= 0.6 is 23.2 Å². The topological polar surface area (TPSA) is 50.7 Å². The number of hydrogen-bond donors (Lipinski definition) is 1. The van der Waals surface area contributed by atoms with Crippen molar-refractivity contribution in [2.45, 2.75) is 6.61 Å². The second-order valence-electron chi connectivity index (χ2n) is 5.66. The Kier molecular flexibility index (Phi) is 6.47. The van der Waals surface area contributed by atoms with Crippen molar-refractivity contribution in [3.63, 3.8) is 0 Å². The average molecular weight is 399 g/mol. The Morgan fingerprint density at radius 2 is 1.74 bits per heavy atom. The van der Waals surface area contributed by atoms with Gasteiger partial charge in [-0.3, -0.25) is 4.79 Å². The maximum Gasteiger partial charge on any atom is 0.271 e. The fraction of sp³-hybridized carbons (Fsp3) is 0.0476. The van der Waals surface area contributed by atoms with E-state index in [1.54, 1.807) is 42.6 Å². The van der Waals surface area contributed by atoms with E-state index >= 15 is 0 Å². The highest BCUT2D eigenvalue weighted by Gasteiger charge is 2.03. The Morgan fingerprint density at radius 3 is 2.44 bits per heavy atom. The number of amides is 1. The van der Waals surface area contributed by atoms with Crippen LogP contribution in [0.15, 0.2) is 77.9 Å². The van der Waals surface area contributed by atoms with Crippen molar-refractivity contribution in [3.05, 3.63) is 99.5 Å². The molecule has 3 aromatic carbocycles. The molecule has 27 heavy (non-hydrogen) atoms. The van der Waals surface area contributed by atoms with Crippen molar-refractivity contribution >= 4 is 35.3 Å². The lowest BCUT2D eigenvalue weighted by Crippen LogP contribution is -2.17. The summed E-state index contributed by atoms with van der Waals surface area (Å²) in [7, 11) is 0. The number of benzene rings is 3. The maximum absolute atomic E-state index is 11.9. The molecule has 6 heteroatoms. The zero-order valence-electron chi connectivity index (χ0n) is 14.2. The second-order valence-corrected chi connectivity index (χ2v) is 6.50. The number of ether oxygens (including phenoxy) is 1. The summed E-state index contributed by atoms with van der Waals surface area (Å²) in [6, 6.07) is 21.5. The molecule has 0 fully saturated rings. The Hall–Kier alpha value is -2.82. The summed E-state index contributed by atoms with van der Waals surface area (Å²) in [5.41, 5.74) is 4.74. The van der Waals surface area contributed by atoms with Crippen LogP contribution in [0.2, 0.25) is 10.0 Å². The first-order valence-corrected chi connectivity index (χ1v) is 8.92. The van der Waals surface area contributed by atoms with Gasteiger partial charge in [-0.25, -0.2) is 5.43 Å². The van der Waals surface area contributed by atoms with E-state index in [0.717, 1.165) is 11.1 Å². The smallest absolute Gasteiger partial charge is 0.271 e. The molecule has 0 heterocycles. The zero-order chi connectivity index (χ0) is 19.1. The number of halogens is 2. The molecule has 136 valence electrons. The summed E-state index contributed by atoms with van der Waals surface area (Å²) in [5.74, 6) is 0.443. The van der Waals surface area contributed by atoms with E-state index in [9.17, 15) is 4.79 Å². The lowest BCUT2D eigenvalue weighted by atomic mass is 10.2. The zero-order valence-corrected chi connectivity index (χ0v) is 15.7. The lowest BCUT2D eigenvalue weighted by Gasteiger charge is -2.08. The van der Waals surface area contributed by atoms with Crippen LogP contribution < -0.4 is 10.2 Å². The van der Waals surface area contributed by atoms with E-state index in [2.05, 4.69) is 10.5 Å². The third-order valence-corrected chi connectivity index (χ3v) is 4.29. The molecule has 3 aromatic rings. The van der Waals surface area contributed by atoms with E-state index < -0.39 is 0 Å². The van der Waals surface area contributed by atoms with Gasteiger partial charge in [0, 0.05) is 21.2 Å². The minimum atomic E-state index is -0.258. The van der Waals surface area contributed by atoms with Gasteiger partial charge in [0.05, 0.1) is 6.21 Å². The van der Waals surface area contributed by atoms with E-state index in [4.69, 9.17) is 27.9 Å². The van der Waals surface area contributed by atoms with Crippen molar-refractivity contribution in [3.8, 4) is 5.75 Å². The molecule has 4 nitrogen and oxygen atoms in total. The molecule has 0 aliphatic rings. The molecule has 1 N–H and O–H groups in total. The fourth-order valence-electron chi connectivity index (χ4n) is 2.27. The molecular weight excluding hydrogens is 383 g/mol. The van der Waals surface area contributed by atoms with Crippen LogP contribution in [0, 0.1) is 0 Å². The minimum Gasteiger partial charge on any atom is -0.489 e. The largest absolute Gasteiger partial charge is 0.489 e. The molecule has 0 saturated carbocycles. The van der Waals surface area contributed by atoms with Gasteiger partial charge in [-0.05, 0) is 54.1 Å². The molecule has 0 saturated heterocycles. The van der Waals surface area contributed by atoms with Crippen molar-refractivity contribution < 1.29 is 9.53 Å². The molecule has 0 unspecified atom stereocenters.